The average Bonchev–Trinajstić information content (AvgIpc) is 3.37. The van der Waals surface area contributed by atoms with E-state index in [2.05, 4.69) is 17.4 Å². The van der Waals surface area contributed by atoms with Crippen molar-refractivity contribution in [3.63, 3.8) is 0 Å². The van der Waals surface area contributed by atoms with Gasteiger partial charge in [0.15, 0.2) is 0 Å². The maximum atomic E-state index is 14.1. The van der Waals surface area contributed by atoms with Crippen LogP contribution >= 0.6 is 0 Å². The first-order valence-electron chi connectivity index (χ1n) is 14.8. The standard InChI is InChI=1S/C34H42N2O6/c1-4-41-30-19-28(20-31(24(30)3)42-5-2)29(23-37)36(18-12-11-15-25-13-7-6-8-14-25)33(40)35-34(32(38)39)21-26-16-9-10-17-27(26)22-34/h6-10,13-14,16-17,19-20,29,37H,4-5,11-12,15,18,21-23H2,1-3H3,(H,35,40)(H,38,39). The number of carboxylic acids is 1. The molecule has 8 heteroatoms. The summed E-state index contributed by atoms with van der Waals surface area (Å²) >= 11 is 0. The molecule has 42 heavy (non-hydrogen) atoms. The highest BCUT2D eigenvalue weighted by Crippen LogP contribution is 2.36. The van der Waals surface area contributed by atoms with Crippen LogP contribution in [0.4, 0.5) is 4.79 Å². The molecule has 0 heterocycles. The first kappa shape index (κ1) is 30.9. The lowest BCUT2D eigenvalue weighted by Gasteiger charge is -2.35. The van der Waals surface area contributed by atoms with Gasteiger partial charge in [-0.1, -0.05) is 54.6 Å². The fourth-order valence-corrected chi connectivity index (χ4v) is 5.71. The minimum atomic E-state index is -1.47. The van der Waals surface area contributed by atoms with Crippen molar-refractivity contribution in [3.05, 3.63) is 94.5 Å². The normalized spacial score (nSPS) is 14.1. The van der Waals surface area contributed by atoms with Gasteiger partial charge in [-0.25, -0.2) is 9.59 Å². The van der Waals surface area contributed by atoms with Crippen molar-refractivity contribution in [3.8, 4) is 11.5 Å². The fourth-order valence-electron chi connectivity index (χ4n) is 5.71. The van der Waals surface area contributed by atoms with Crippen LogP contribution in [0.5, 0.6) is 11.5 Å². The van der Waals surface area contributed by atoms with E-state index in [1.165, 1.54) is 5.56 Å². The zero-order valence-electron chi connectivity index (χ0n) is 24.8. The van der Waals surface area contributed by atoms with Crippen LogP contribution in [-0.2, 0) is 24.1 Å². The number of urea groups is 1. The van der Waals surface area contributed by atoms with Crippen LogP contribution in [-0.4, -0.2) is 59.0 Å². The van der Waals surface area contributed by atoms with Gasteiger partial charge in [0.05, 0.1) is 25.9 Å². The van der Waals surface area contributed by atoms with Crippen LogP contribution in [0.2, 0.25) is 0 Å². The van der Waals surface area contributed by atoms with Crippen molar-refractivity contribution in [2.45, 2.75) is 64.5 Å². The molecule has 0 saturated heterocycles. The van der Waals surface area contributed by atoms with Gasteiger partial charge >= 0.3 is 12.0 Å². The van der Waals surface area contributed by atoms with Gasteiger partial charge in [0.1, 0.15) is 17.0 Å². The van der Waals surface area contributed by atoms with E-state index in [0.717, 1.165) is 29.5 Å². The molecule has 3 aromatic rings. The number of ether oxygens (including phenoxy) is 2. The summed E-state index contributed by atoms with van der Waals surface area (Å²) in [7, 11) is 0. The lowest BCUT2D eigenvalue weighted by Crippen LogP contribution is -2.59. The number of fused-ring (bicyclic) bond motifs is 1. The molecule has 4 rings (SSSR count). The molecule has 0 saturated carbocycles. The Bertz CT molecular complexity index is 1310. The molecule has 0 aromatic heterocycles. The van der Waals surface area contributed by atoms with Crippen molar-refractivity contribution in [2.24, 2.45) is 0 Å². The van der Waals surface area contributed by atoms with Gasteiger partial charge in [0, 0.05) is 24.9 Å². The van der Waals surface area contributed by atoms with Gasteiger partial charge in [0.2, 0.25) is 0 Å². The Hall–Kier alpha value is -4.04. The van der Waals surface area contributed by atoms with E-state index in [-0.39, 0.29) is 19.4 Å². The summed E-state index contributed by atoms with van der Waals surface area (Å²) in [6.45, 7) is 6.58. The van der Waals surface area contributed by atoms with Crippen LogP contribution < -0.4 is 14.8 Å². The molecule has 224 valence electrons. The number of carbonyl (C=O) groups excluding carboxylic acids is 1. The SMILES string of the molecule is CCOc1cc(C(CO)N(CCCCc2ccccc2)C(=O)NC2(C(=O)O)Cc3ccccc3C2)cc(OCC)c1C. The van der Waals surface area contributed by atoms with Crippen molar-refractivity contribution >= 4 is 12.0 Å². The predicted molar refractivity (Wildman–Crippen MR) is 162 cm³/mol. The van der Waals surface area contributed by atoms with Crippen LogP contribution in [0, 0.1) is 6.92 Å². The van der Waals surface area contributed by atoms with E-state index < -0.39 is 23.6 Å². The lowest BCUT2D eigenvalue weighted by atomic mass is 9.95. The third-order valence-electron chi connectivity index (χ3n) is 7.94. The minimum absolute atomic E-state index is 0.198. The number of unbranched alkanes of at least 4 members (excludes halogenated alkanes) is 1. The molecule has 1 unspecified atom stereocenters. The molecule has 3 aromatic carbocycles. The van der Waals surface area contributed by atoms with Crippen LogP contribution in [0.3, 0.4) is 0 Å². The third-order valence-corrected chi connectivity index (χ3v) is 7.94. The summed E-state index contributed by atoms with van der Waals surface area (Å²) in [5.41, 5.74) is 3.06. The third kappa shape index (κ3) is 7.05. The van der Waals surface area contributed by atoms with E-state index in [0.29, 0.717) is 43.2 Å². The number of hydrogen-bond donors (Lipinski definition) is 3. The summed E-state index contributed by atoms with van der Waals surface area (Å²) in [5.74, 6) is 0.161. The first-order chi connectivity index (χ1) is 20.3. The highest BCUT2D eigenvalue weighted by molar-refractivity contribution is 5.88. The van der Waals surface area contributed by atoms with Gasteiger partial charge in [-0.05, 0) is 74.4 Å². The molecular weight excluding hydrogens is 532 g/mol. The molecule has 1 aliphatic carbocycles. The highest BCUT2D eigenvalue weighted by atomic mass is 16.5. The Balaban J connectivity index is 1.64. The number of aryl methyl sites for hydroxylation is 1. The van der Waals surface area contributed by atoms with Crippen molar-refractivity contribution < 1.29 is 29.3 Å². The summed E-state index contributed by atoms with van der Waals surface area (Å²) < 4.78 is 11.8. The Morgan fingerprint density at radius 1 is 0.929 bits per heavy atom. The minimum Gasteiger partial charge on any atom is -0.493 e. The number of nitrogens with one attached hydrogen (secondary N) is 1. The zero-order valence-corrected chi connectivity index (χ0v) is 24.8. The molecule has 2 amide bonds. The average molecular weight is 575 g/mol. The summed E-state index contributed by atoms with van der Waals surface area (Å²) in [6.07, 6.45) is 2.74. The number of benzene rings is 3. The molecular formula is C34H42N2O6. The molecule has 0 spiro atoms. The number of carboxylic acid groups (broad SMARTS) is 1. The van der Waals surface area contributed by atoms with Gasteiger partial charge in [0.25, 0.3) is 0 Å². The topological polar surface area (TPSA) is 108 Å². The number of amides is 2. The monoisotopic (exact) mass is 574 g/mol. The van der Waals surface area contributed by atoms with Crippen molar-refractivity contribution in [2.75, 3.05) is 26.4 Å². The molecule has 0 radical (unpaired) electrons. The molecule has 1 atom stereocenters. The second-order valence-electron chi connectivity index (χ2n) is 10.8. The Kier molecular flexibility index (Phi) is 10.5. The lowest BCUT2D eigenvalue weighted by molar-refractivity contribution is -0.144. The van der Waals surface area contributed by atoms with Crippen LogP contribution in [0.1, 0.15) is 60.5 Å². The van der Waals surface area contributed by atoms with E-state index in [9.17, 15) is 19.8 Å². The second-order valence-corrected chi connectivity index (χ2v) is 10.8. The van der Waals surface area contributed by atoms with E-state index in [4.69, 9.17) is 9.47 Å². The number of nitrogens with zero attached hydrogens (tertiary/aromatic N) is 1. The number of aliphatic hydroxyl groups is 1. The van der Waals surface area contributed by atoms with E-state index >= 15 is 0 Å². The second kappa shape index (κ2) is 14.2. The maximum absolute atomic E-state index is 14.1. The first-order valence-corrected chi connectivity index (χ1v) is 14.8. The van der Waals surface area contributed by atoms with Crippen LogP contribution in [0.25, 0.3) is 0 Å². The predicted octanol–water partition coefficient (Wildman–Crippen LogP) is 5.48. The summed E-state index contributed by atoms with van der Waals surface area (Å²) in [4.78, 5) is 28.3. The molecule has 0 bridgehead atoms. The number of aliphatic carboxylic acids is 1. The van der Waals surface area contributed by atoms with Gasteiger partial charge in [-0.15, -0.1) is 0 Å². The quantitative estimate of drug-likeness (QED) is 0.220. The van der Waals surface area contributed by atoms with Crippen molar-refractivity contribution in [1.82, 2.24) is 10.2 Å². The van der Waals surface area contributed by atoms with Gasteiger partial charge in [-0.3, -0.25) is 0 Å². The number of aliphatic hydroxyl groups excluding tert-OH is 1. The summed E-state index contributed by atoms with van der Waals surface area (Å²) in [5, 5.41) is 23.9. The number of rotatable bonds is 14. The maximum Gasteiger partial charge on any atom is 0.330 e. The van der Waals surface area contributed by atoms with Gasteiger partial charge < -0.3 is 29.9 Å². The zero-order chi connectivity index (χ0) is 30.1. The highest BCUT2D eigenvalue weighted by Gasteiger charge is 2.46. The fraction of sp³-hybridized carbons (Fsp3) is 0.412. The molecule has 0 aliphatic heterocycles. The largest absolute Gasteiger partial charge is 0.493 e. The Morgan fingerprint density at radius 3 is 2.02 bits per heavy atom. The van der Waals surface area contributed by atoms with Crippen molar-refractivity contribution in [1.29, 1.82) is 0 Å². The molecule has 8 nitrogen and oxygen atoms in total. The number of hydrogen-bond acceptors (Lipinski definition) is 5. The molecule has 0 fully saturated rings. The Morgan fingerprint density at radius 2 is 1.50 bits per heavy atom. The smallest absolute Gasteiger partial charge is 0.330 e. The number of carbonyl (C=O) groups is 2. The Labute approximate surface area is 248 Å². The van der Waals surface area contributed by atoms with E-state index in [1.807, 2.05) is 75.4 Å². The molecule has 3 N–H and O–H groups in total. The summed E-state index contributed by atoms with van der Waals surface area (Å²) in [6, 6.07) is 20.1. The van der Waals surface area contributed by atoms with Gasteiger partial charge in [-0.2, -0.15) is 0 Å². The van der Waals surface area contributed by atoms with E-state index in [1.54, 1.807) is 4.90 Å². The molecule has 1 aliphatic rings. The van der Waals surface area contributed by atoms with Crippen LogP contribution in [0.15, 0.2) is 66.7 Å².